The minimum Gasteiger partial charge on any atom is -0.497 e. The largest absolute Gasteiger partial charge is 0.497 e. The van der Waals surface area contributed by atoms with E-state index in [1.165, 1.54) is 0 Å². The number of methoxy groups -OCH3 is 1. The third-order valence-electron chi connectivity index (χ3n) is 3.50. The van der Waals surface area contributed by atoms with Crippen LogP contribution in [0.15, 0.2) is 28.8 Å². The van der Waals surface area contributed by atoms with E-state index in [1.807, 2.05) is 24.3 Å². The number of hydrogen-bond donors (Lipinski definition) is 0. The molecule has 0 saturated carbocycles. The van der Waals surface area contributed by atoms with Crippen LogP contribution in [0.1, 0.15) is 27.2 Å². The molecular weight excluding hydrogens is 280 g/mol. The molecule has 0 aliphatic heterocycles. The molecule has 0 radical (unpaired) electrons. The molecule has 2 rings (SSSR count). The molecule has 0 atom stereocenters. The molecule has 0 bridgehead atoms. The number of anilines is 1. The Morgan fingerprint density at radius 2 is 1.91 bits per heavy atom. The predicted octanol–water partition coefficient (Wildman–Crippen LogP) is 3.99. The van der Waals surface area contributed by atoms with Crippen LogP contribution in [0.25, 0.3) is 11.3 Å². The van der Waals surface area contributed by atoms with Crippen LogP contribution in [-0.2, 0) is 0 Å². The minimum atomic E-state index is 0.650. The SMILES string of the molecule is CCCOc1cc(OC)ccc1-c1cc(N(CC)CC)no1. The van der Waals surface area contributed by atoms with Gasteiger partial charge in [0.1, 0.15) is 11.5 Å². The van der Waals surface area contributed by atoms with E-state index < -0.39 is 0 Å². The summed E-state index contributed by atoms with van der Waals surface area (Å²) < 4.78 is 16.6. The van der Waals surface area contributed by atoms with Crippen LogP contribution in [-0.4, -0.2) is 32.0 Å². The molecule has 0 amide bonds. The summed E-state index contributed by atoms with van der Waals surface area (Å²) in [4.78, 5) is 2.14. The third kappa shape index (κ3) is 3.53. The van der Waals surface area contributed by atoms with Crippen molar-refractivity contribution in [3.8, 4) is 22.8 Å². The van der Waals surface area contributed by atoms with E-state index in [-0.39, 0.29) is 0 Å². The van der Waals surface area contributed by atoms with Crippen LogP contribution >= 0.6 is 0 Å². The Hall–Kier alpha value is -2.17. The second-order valence-electron chi connectivity index (χ2n) is 4.93. The van der Waals surface area contributed by atoms with Crippen LogP contribution in [0.3, 0.4) is 0 Å². The summed E-state index contributed by atoms with van der Waals surface area (Å²) in [5.74, 6) is 3.06. The Bertz CT molecular complexity index is 591. The second kappa shape index (κ2) is 7.73. The van der Waals surface area contributed by atoms with Gasteiger partial charge in [0.05, 0.1) is 19.3 Å². The number of rotatable bonds is 8. The van der Waals surface area contributed by atoms with Gasteiger partial charge in [-0.15, -0.1) is 0 Å². The third-order valence-corrected chi connectivity index (χ3v) is 3.50. The molecular formula is C17H24N2O3. The number of ether oxygens (including phenoxy) is 2. The fraction of sp³-hybridized carbons (Fsp3) is 0.471. The van der Waals surface area contributed by atoms with E-state index in [4.69, 9.17) is 14.0 Å². The van der Waals surface area contributed by atoms with Crippen LogP contribution in [0, 0.1) is 0 Å². The lowest BCUT2D eigenvalue weighted by atomic mass is 10.1. The molecule has 0 spiro atoms. The summed E-state index contributed by atoms with van der Waals surface area (Å²) >= 11 is 0. The summed E-state index contributed by atoms with van der Waals surface area (Å²) in [6, 6.07) is 7.67. The number of nitrogens with zero attached hydrogens (tertiary/aromatic N) is 2. The highest BCUT2D eigenvalue weighted by molar-refractivity contribution is 5.69. The first kappa shape index (κ1) is 16.2. The van der Waals surface area contributed by atoms with Gasteiger partial charge in [-0.2, -0.15) is 0 Å². The smallest absolute Gasteiger partial charge is 0.172 e. The molecule has 0 unspecified atom stereocenters. The van der Waals surface area contributed by atoms with Gasteiger partial charge in [-0.3, -0.25) is 0 Å². The highest BCUT2D eigenvalue weighted by Gasteiger charge is 2.15. The van der Waals surface area contributed by atoms with Crippen molar-refractivity contribution in [3.05, 3.63) is 24.3 Å². The first-order valence-corrected chi connectivity index (χ1v) is 7.76. The van der Waals surface area contributed by atoms with Crippen LogP contribution in [0.4, 0.5) is 5.82 Å². The van der Waals surface area contributed by atoms with Crippen molar-refractivity contribution in [2.75, 3.05) is 31.7 Å². The van der Waals surface area contributed by atoms with E-state index in [9.17, 15) is 0 Å². The molecule has 5 heteroatoms. The van der Waals surface area contributed by atoms with Crippen molar-refractivity contribution in [2.24, 2.45) is 0 Å². The van der Waals surface area contributed by atoms with Gasteiger partial charge < -0.3 is 18.9 Å². The van der Waals surface area contributed by atoms with Crippen molar-refractivity contribution < 1.29 is 14.0 Å². The standard InChI is InChI=1S/C17H24N2O3/c1-5-10-21-15-11-13(20-4)8-9-14(15)16-12-17(18-22-16)19(6-2)7-3/h8-9,11-12H,5-7,10H2,1-4H3. The average Bonchev–Trinajstić information content (AvgIpc) is 3.03. The second-order valence-corrected chi connectivity index (χ2v) is 4.93. The van der Waals surface area contributed by atoms with Crippen molar-refractivity contribution in [2.45, 2.75) is 27.2 Å². The normalized spacial score (nSPS) is 10.5. The van der Waals surface area contributed by atoms with Gasteiger partial charge in [0.25, 0.3) is 0 Å². The van der Waals surface area contributed by atoms with Crippen molar-refractivity contribution in [1.82, 2.24) is 5.16 Å². The summed E-state index contributed by atoms with van der Waals surface area (Å²) in [5.41, 5.74) is 0.889. The molecule has 2 aromatic rings. The molecule has 5 nitrogen and oxygen atoms in total. The Kier molecular flexibility index (Phi) is 5.69. The maximum Gasteiger partial charge on any atom is 0.172 e. The molecule has 0 aliphatic carbocycles. The summed E-state index contributed by atoms with van der Waals surface area (Å²) in [6.07, 6.45) is 0.942. The zero-order valence-corrected chi connectivity index (χ0v) is 13.8. The lowest BCUT2D eigenvalue weighted by molar-refractivity contribution is 0.314. The summed E-state index contributed by atoms with van der Waals surface area (Å²) in [6.45, 7) is 8.71. The first-order chi connectivity index (χ1) is 10.7. The van der Waals surface area contributed by atoms with Crippen LogP contribution in [0.2, 0.25) is 0 Å². The monoisotopic (exact) mass is 304 g/mol. The lowest BCUT2D eigenvalue weighted by Gasteiger charge is -2.15. The molecule has 0 fully saturated rings. The molecule has 22 heavy (non-hydrogen) atoms. The fourth-order valence-electron chi connectivity index (χ4n) is 2.25. The molecule has 120 valence electrons. The summed E-state index contributed by atoms with van der Waals surface area (Å²) in [7, 11) is 1.64. The quantitative estimate of drug-likeness (QED) is 0.738. The molecule has 0 aliphatic rings. The Morgan fingerprint density at radius 1 is 1.14 bits per heavy atom. The van der Waals surface area contributed by atoms with Crippen LogP contribution in [0.5, 0.6) is 11.5 Å². The maximum absolute atomic E-state index is 5.82. The van der Waals surface area contributed by atoms with Gasteiger partial charge in [-0.05, 0) is 32.4 Å². The molecule has 0 saturated heterocycles. The van der Waals surface area contributed by atoms with Gasteiger partial charge in [0.2, 0.25) is 0 Å². The zero-order chi connectivity index (χ0) is 15.9. The van der Waals surface area contributed by atoms with Gasteiger partial charge in [0, 0.05) is 25.2 Å². The Labute approximate surface area is 131 Å². The van der Waals surface area contributed by atoms with Crippen molar-refractivity contribution in [3.63, 3.8) is 0 Å². The minimum absolute atomic E-state index is 0.650. The average molecular weight is 304 g/mol. The molecule has 1 aromatic heterocycles. The molecule has 1 aromatic carbocycles. The maximum atomic E-state index is 5.82. The van der Waals surface area contributed by atoms with Gasteiger partial charge in [0.15, 0.2) is 11.6 Å². The highest BCUT2D eigenvalue weighted by atomic mass is 16.5. The van der Waals surface area contributed by atoms with Crippen molar-refractivity contribution in [1.29, 1.82) is 0 Å². The van der Waals surface area contributed by atoms with E-state index in [0.717, 1.165) is 42.4 Å². The van der Waals surface area contributed by atoms with Crippen LogP contribution < -0.4 is 14.4 Å². The highest BCUT2D eigenvalue weighted by Crippen LogP contribution is 2.35. The lowest BCUT2D eigenvalue weighted by Crippen LogP contribution is -2.21. The zero-order valence-electron chi connectivity index (χ0n) is 13.8. The topological polar surface area (TPSA) is 47.7 Å². The van der Waals surface area contributed by atoms with E-state index >= 15 is 0 Å². The Balaban J connectivity index is 2.34. The van der Waals surface area contributed by atoms with Gasteiger partial charge in [-0.25, -0.2) is 0 Å². The number of benzene rings is 1. The Morgan fingerprint density at radius 3 is 2.55 bits per heavy atom. The first-order valence-electron chi connectivity index (χ1n) is 7.76. The van der Waals surface area contributed by atoms with E-state index in [0.29, 0.717) is 12.4 Å². The summed E-state index contributed by atoms with van der Waals surface area (Å²) in [5, 5.41) is 4.16. The van der Waals surface area contributed by atoms with E-state index in [2.05, 4.69) is 30.8 Å². The van der Waals surface area contributed by atoms with Gasteiger partial charge >= 0.3 is 0 Å². The van der Waals surface area contributed by atoms with Gasteiger partial charge in [-0.1, -0.05) is 12.1 Å². The molecule has 0 N–H and O–H groups in total. The number of hydrogen-bond acceptors (Lipinski definition) is 5. The fourth-order valence-corrected chi connectivity index (χ4v) is 2.25. The predicted molar refractivity (Wildman–Crippen MR) is 87.8 cm³/mol. The van der Waals surface area contributed by atoms with Crippen molar-refractivity contribution >= 4 is 5.82 Å². The van der Waals surface area contributed by atoms with E-state index in [1.54, 1.807) is 7.11 Å². The number of aromatic nitrogens is 1. The molecule has 1 heterocycles.